The van der Waals surface area contributed by atoms with E-state index in [1.165, 1.54) is 116 Å². The van der Waals surface area contributed by atoms with Gasteiger partial charge < -0.3 is 20.1 Å². The third kappa shape index (κ3) is 50.3. The first-order chi connectivity index (χ1) is 30.8. The van der Waals surface area contributed by atoms with E-state index >= 15 is 0 Å². The highest BCUT2D eigenvalue weighted by Gasteiger charge is 2.23. The first kappa shape index (κ1) is 60.5. The van der Waals surface area contributed by atoms with Crippen molar-refractivity contribution in [3.63, 3.8) is 0 Å². The van der Waals surface area contributed by atoms with Crippen molar-refractivity contribution >= 4 is 19.7 Å². The van der Waals surface area contributed by atoms with E-state index in [1.54, 1.807) is 0 Å². The van der Waals surface area contributed by atoms with Gasteiger partial charge in [0.25, 0.3) is 0 Å². The Hall–Kier alpha value is -2.55. The first-order valence-corrected chi connectivity index (χ1v) is 26.9. The fraction of sp³-hybridized carbons (Fsp3) is 0.736. The molecule has 0 aliphatic carbocycles. The van der Waals surface area contributed by atoms with E-state index in [9.17, 15) is 24.2 Å². The van der Waals surface area contributed by atoms with Crippen LogP contribution in [0.3, 0.4) is 0 Å². The SMILES string of the molecule is CCCCC/C=C\C/C=C\C/C=C\C/C=C\CCCCCCCCCC(=O)OCC(O)COP(=O)(O)OCCNC(=O)CCCCCCCCCCC/C=C\C/C=C\CCCCC. The van der Waals surface area contributed by atoms with E-state index in [-0.39, 0.29) is 32.1 Å². The molecule has 0 fully saturated rings. The van der Waals surface area contributed by atoms with Gasteiger partial charge in [-0.1, -0.05) is 189 Å². The summed E-state index contributed by atoms with van der Waals surface area (Å²) in [6.07, 6.45) is 61.1. The second-order valence-electron chi connectivity index (χ2n) is 16.8. The lowest BCUT2D eigenvalue weighted by Gasteiger charge is -2.15. The Morgan fingerprint density at radius 3 is 1.29 bits per heavy atom. The third-order valence-corrected chi connectivity index (χ3v) is 11.6. The number of esters is 1. The van der Waals surface area contributed by atoms with Crippen LogP contribution in [0.25, 0.3) is 0 Å². The van der Waals surface area contributed by atoms with Crippen LogP contribution in [0.4, 0.5) is 0 Å². The molecule has 0 heterocycles. The molecule has 0 saturated carbocycles. The number of carbonyl (C=O) groups excluding carboxylic acids is 2. The standard InChI is InChI=1S/C53H94NO8P/c1-3-5-7-9-11-13-15-17-19-21-23-24-25-26-28-30-32-34-36-38-40-42-44-46-53(57)60-49-51(55)50-62-63(58,59)61-48-47-54-52(56)45-43-41-39-37-35-33-31-29-27-22-20-18-16-14-12-10-8-6-4-2/h11-14,17-20,23-24,26,28,51,55H,3-10,15-16,21-22,25,27,29-50H2,1-2H3,(H,54,56)(H,58,59)/b13-11-,14-12-,19-17-,20-18-,24-23-,28-26-. The number of unbranched alkanes of at least 4 members (excludes halogenated alkanes) is 22. The summed E-state index contributed by atoms with van der Waals surface area (Å²) in [7, 11) is -4.43. The molecule has 0 aromatic rings. The minimum atomic E-state index is -4.43. The number of carbonyl (C=O) groups is 2. The Kier molecular flexibility index (Phi) is 46.9. The lowest BCUT2D eigenvalue weighted by Crippen LogP contribution is -2.27. The van der Waals surface area contributed by atoms with Crippen molar-refractivity contribution in [1.29, 1.82) is 0 Å². The van der Waals surface area contributed by atoms with Gasteiger partial charge >= 0.3 is 13.8 Å². The summed E-state index contributed by atoms with van der Waals surface area (Å²) in [6, 6.07) is 0. The highest BCUT2D eigenvalue weighted by molar-refractivity contribution is 7.47. The molecule has 9 nitrogen and oxygen atoms in total. The molecule has 0 aliphatic rings. The normalized spacial score (nSPS) is 13.8. The molecule has 2 atom stereocenters. The van der Waals surface area contributed by atoms with E-state index < -0.39 is 26.5 Å². The predicted octanol–water partition coefficient (Wildman–Crippen LogP) is 15.0. The summed E-state index contributed by atoms with van der Waals surface area (Å²) in [6.45, 7) is 3.49. The van der Waals surface area contributed by atoms with Crippen LogP contribution in [0.15, 0.2) is 72.9 Å². The van der Waals surface area contributed by atoms with Gasteiger partial charge in [0.15, 0.2) is 0 Å². The molecule has 0 rings (SSSR count). The zero-order valence-electron chi connectivity index (χ0n) is 40.3. The van der Waals surface area contributed by atoms with Gasteiger partial charge in [0.1, 0.15) is 12.7 Å². The van der Waals surface area contributed by atoms with Gasteiger partial charge in [0.05, 0.1) is 13.2 Å². The Balaban J connectivity index is 3.61. The number of phosphoric acid groups is 1. The van der Waals surface area contributed by atoms with Crippen molar-refractivity contribution in [2.45, 2.75) is 225 Å². The summed E-state index contributed by atoms with van der Waals surface area (Å²) in [5.74, 6) is -0.532. The Morgan fingerprint density at radius 1 is 0.492 bits per heavy atom. The van der Waals surface area contributed by atoms with Crippen molar-refractivity contribution in [2.75, 3.05) is 26.4 Å². The number of rotatable bonds is 47. The lowest BCUT2D eigenvalue weighted by atomic mass is 10.1. The molecule has 0 saturated heterocycles. The topological polar surface area (TPSA) is 131 Å². The molecular weight excluding hydrogens is 810 g/mol. The highest BCUT2D eigenvalue weighted by Crippen LogP contribution is 2.42. The number of amides is 1. The van der Waals surface area contributed by atoms with Crippen molar-refractivity contribution in [1.82, 2.24) is 5.32 Å². The number of phosphoric ester groups is 1. The largest absolute Gasteiger partial charge is 0.472 e. The van der Waals surface area contributed by atoms with Gasteiger partial charge in [-0.05, 0) is 89.9 Å². The quantitative estimate of drug-likeness (QED) is 0.0238. The summed E-state index contributed by atoms with van der Waals surface area (Å²) in [5, 5.41) is 12.7. The molecule has 10 heteroatoms. The van der Waals surface area contributed by atoms with E-state index in [1.807, 2.05) is 0 Å². The number of aliphatic hydroxyl groups is 1. The fourth-order valence-electron chi connectivity index (χ4n) is 6.75. The van der Waals surface area contributed by atoms with Crippen molar-refractivity contribution in [3.05, 3.63) is 72.9 Å². The Morgan fingerprint density at radius 2 is 0.857 bits per heavy atom. The van der Waals surface area contributed by atoms with Crippen molar-refractivity contribution in [3.8, 4) is 0 Å². The monoisotopic (exact) mass is 904 g/mol. The van der Waals surface area contributed by atoms with Gasteiger partial charge in [0, 0.05) is 19.4 Å². The molecule has 1 amide bonds. The van der Waals surface area contributed by atoms with Gasteiger partial charge in [0.2, 0.25) is 5.91 Å². The zero-order chi connectivity index (χ0) is 46.0. The van der Waals surface area contributed by atoms with Crippen LogP contribution in [0.5, 0.6) is 0 Å². The van der Waals surface area contributed by atoms with Crippen LogP contribution >= 0.6 is 7.82 Å². The van der Waals surface area contributed by atoms with E-state index in [0.29, 0.717) is 6.42 Å². The first-order valence-electron chi connectivity index (χ1n) is 25.4. The number of ether oxygens (including phenoxy) is 1. The molecule has 0 aliphatic heterocycles. The number of hydrogen-bond acceptors (Lipinski definition) is 7. The van der Waals surface area contributed by atoms with Gasteiger partial charge in [-0.3, -0.25) is 18.6 Å². The number of allylic oxidation sites excluding steroid dienone is 12. The van der Waals surface area contributed by atoms with Crippen molar-refractivity contribution in [2.24, 2.45) is 0 Å². The zero-order valence-corrected chi connectivity index (χ0v) is 41.1. The van der Waals surface area contributed by atoms with E-state index in [2.05, 4.69) is 92.1 Å². The van der Waals surface area contributed by atoms with Crippen LogP contribution < -0.4 is 5.32 Å². The molecule has 0 aromatic carbocycles. The van der Waals surface area contributed by atoms with Gasteiger partial charge in [-0.2, -0.15) is 0 Å². The molecule has 2 unspecified atom stereocenters. The van der Waals surface area contributed by atoms with Crippen LogP contribution in [-0.4, -0.2) is 54.3 Å². The summed E-state index contributed by atoms with van der Waals surface area (Å²) in [4.78, 5) is 34.1. The fourth-order valence-corrected chi connectivity index (χ4v) is 7.50. The minimum Gasteiger partial charge on any atom is -0.463 e. The predicted molar refractivity (Wildman–Crippen MR) is 266 cm³/mol. The summed E-state index contributed by atoms with van der Waals surface area (Å²) >= 11 is 0. The van der Waals surface area contributed by atoms with E-state index in [4.69, 9.17) is 13.8 Å². The third-order valence-electron chi connectivity index (χ3n) is 10.6. The molecule has 0 radical (unpaired) electrons. The maximum atomic E-state index is 12.1. The van der Waals surface area contributed by atoms with Crippen LogP contribution in [-0.2, 0) is 27.9 Å². The minimum absolute atomic E-state index is 0.0750. The summed E-state index contributed by atoms with van der Waals surface area (Å²) < 4.78 is 27.0. The molecule has 0 bridgehead atoms. The second kappa shape index (κ2) is 48.9. The Labute approximate surface area is 386 Å². The molecule has 364 valence electrons. The lowest BCUT2D eigenvalue weighted by molar-refractivity contribution is -0.147. The number of aliphatic hydroxyl groups excluding tert-OH is 1. The average Bonchev–Trinajstić information content (AvgIpc) is 3.27. The average molecular weight is 904 g/mol. The number of hydrogen-bond donors (Lipinski definition) is 3. The van der Waals surface area contributed by atoms with E-state index in [0.717, 1.165) is 77.0 Å². The van der Waals surface area contributed by atoms with Crippen LogP contribution in [0.1, 0.15) is 219 Å². The van der Waals surface area contributed by atoms with Crippen LogP contribution in [0, 0.1) is 0 Å². The second-order valence-corrected chi connectivity index (χ2v) is 18.2. The van der Waals surface area contributed by atoms with Gasteiger partial charge in [-0.15, -0.1) is 0 Å². The molecular formula is C53H94NO8P. The maximum absolute atomic E-state index is 12.1. The molecule has 63 heavy (non-hydrogen) atoms. The highest BCUT2D eigenvalue weighted by atomic mass is 31.2. The number of nitrogens with one attached hydrogen (secondary N) is 1. The molecule has 0 spiro atoms. The van der Waals surface area contributed by atoms with Crippen molar-refractivity contribution < 1.29 is 37.9 Å². The summed E-state index contributed by atoms with van der Waals surface area (Å²) in [5.41, 5.74) is 0. The maximum Gasteiger partial charge on any atom is 0.472 e. The Bertz CT molecular complexity index is 1260. The van der Waals surface area contributed by atoms with Gasteiger partial charge in [-0.25, -0.2) is 4.57 Å². The van der Waals surface area contributed by atoms with Crippen LogP contribution in [0.2, 0.25) is 0 Å². The molecule has 3 N–H and O–H groups in total. The molecule has 0 aromatic heterocycles. The smallest absolute Gasteiger partial charge is 0.463 e.